The van der Waals surface area contributed by atoms with Crippen molar-refractivity contribution in [2.45, 2.75) is 20.5 Å². The van der Waals surface area contributed by atoms with Crippen LogP contribution in [0.4, 0.5) is 10.1 Å². The number of carbonyl (C=O) groups excluding carboxylic acids is 1. The number of aryl methyl sites for hydroxylation is 2. The van der Waals surface area contributed by atoms with Crippen molar-refractivity contribution in [2.24, 2.45) is 0 Å². The number of furan rings is 1. The molecule has 0 spiro atoms. The highest BCUT2D eigenvalue weighted by atomic mass is 79.9. The lowest BCUT2D eigenvalue weighted by molar-refractivity contribution is 0.0992. The van der Waals surface area contributed by atoms with E-state index in [4.69, 9.17) is 9.15 Å². The number of hydrogen-bond donors (Lipinski definition) is 1. The van der Waals surface area contributed by atoms with Crippen LogP contribution in [-0.4, -0.2) is 5.91 Å². The van der Waals surface area contributed by atoms with E-state index in [0.29, 0.717) is 10.2 Å². The van der Waals surface area contributed by atoms with Crippen molar-refractivity contribution in [3.8, 4) is 5.75 Å². The molecule has 4 nitrogen and oxygen atoms in total. The first-order valence-electron chi connectivity index (χ1n) is 7.97. The maximum atomic E-state index is 13.8. The molecule has 3 rings (SSSR count). The minimum atomic E-state index is -0.530. The summed E-state index contributed by atoms with van der Waals surface area (Å²) < 4.78 is 25.6. The van der Waals surface area contributed by atoms with E-state index in [0.717, 1.165) is 16.9 Å². The summed E-state index contributed by atoms with van der Waals surface area (Å²) >= 11 is 3.17. The fraction of sp³-hybridized carbons (Fsp3) is 0.150. The molecule has 0 aliphatic carbocycles. The van der Waals surface area contributed by atoms with Gasteiger partial charge in [-0.3, -0.25) is 4.79 Å². The second kappa shape index (κ2) is 7.74. The molecule has 0 fully saturated rings. The van der Waals surface area contributed by atoms with Crippen LogP contribution in [0.3, 0.4) is 0 Å². The zero-order chi connectivity index (χ0) is 18.7. The van der Waals surface area contributed by atoms with Crippen LogP contribution < -0.4 is 10.1 Å². The Balaban J connectivity index is 1.64. The lowest BCUT2D eigenvalue weighted by atomic mass is 10.1. The fourth-order valence-corrected chi connectivity index (χ4v) is 2.86. The quantitative estimate of drug-likeness (QED) is 0.585. The van der Waals surface area contributed by atoms with E-state index in [1.54, 1.807) is 12.1 Å². The van der Waals surface area contributed by atoms with Crippen LogP contribution in [-0.2, 0) is 6.61 Å². The molecule has 0 aliphatic heterocycles. The predicted molar refractivity (Wildman–Crippen MR) is 101 cm³/mol. The Morgan fingerprint density at radius 3 is 2.54 bits per heavy atom. The molecule has 0 saturated carbocycles. The Morgan fingerprint density at radius 1 is 1.12 bits per heavy atom. The Morgan fingerprint density at radius 2 is 1.85 bits per heavy atom. The van der Waals surface area contributed by atoms with Crippen LogP contribution in [0.2, 0.25) is 0 Å². The van der Waals surface area contributed by atoms with Crippen LogP contribution in [0, 0.1) is 19.7 Å². The van der Waals surface area contributed by atoms with Crippen LogP contribution in [0.25, 0.3) is 0 Å². The van der Waals surface area contributed by atoms with Crippen molar-refractivity contribution in [2.75, 3.05) is 5.32 Å². The van der Waals surface area contributed by atoms with Crippen molar-refractivity contribution in [3.05, 3.63) is 81.5 Å². The number of carbonyl (C=O) groups is 1. The molecule has 0 bridgehead atoms. The van der Waals surface area contributed by atoms with Crippen LogP contribution in [0.1, 0.15) is 27.4 Å². The fourth-order valence-electron chi connectivity index (χ4n) is 2.52. The molecule has 0 saturated heterocycles. The summed E-state index contributed by atoms with van der Waals surface area (Å²) in [6, 6.07) is 13.5. The van der Waals surface area contributed by atoms with Gasteiger partial charge in [-0.05, 0) is 67.4 Å². The summed E-state index contributed by atoms with van der Waals surface area (Å²) in [6.07, 6.45) is 0. The van der Waals surface area contributed by atoms with Crippen LogP contribution >= 0.6 is 15.9 Å². The lowest BCUT2D eigenvalue weighted by Crippen LogP contribution is -2.12. The highest BCUT2D eigenvalue weighted by Gasteiger charge is 2.14. The topological polar surface area (TPSA) is 51.5 Å². The molecule has 0 aliphatic rings. The minimum Gasteiger partial charge on any atom is -0.486 e. The molecule has 3 aromatic rings. The molecule has 1 N–H and O–H groups in total. The van der Waals surface area contributed by atoms with Crippen LogP contribution in [0.5, 0.6) is 5.75 Å². The smallest absolute Gasteiger partial charge is 0.291 e. The molecule has 134 valence electrons. The van der Waals surface area contributed by atoms with Crippen molar-refractivity contribution in [3.63, 3.8) is 0 Å². The Labute approximate surface area is 159 Å². The number of anilines is 1. The molecule has 26 heavy (non-hydrogen) atoms. The van der Waals surface area contributed by atoms with E-state index in [2.05, 4.69) is 27.3 Å². The van der Waals surface area contributed by atoms with Gasteiger partial charge in [0.2, 0.25) is 0 Å². The predicted octanol–water partition coefficient (Wildman–Crippen LogP) is 5.63. The molecule has 0 radical (unpaired) electrons. The normalized spacial score (nSPS) is 10.6. The van der Waals surface area contributed by atoms with Crippen molar-refractivity contribution in [1.82, 2.24) is 0 Å². The van der Waals surface area contributed by atoms with E-state index >= 15 is 0 Å². The molecule has 1 heterocycles. The average Bonchev–Trinajstić information content (AvgIpc) is 3.04. The third kappa shape index (κ3) is 4.52. The van der Waals surface area contributed by atoms with Gasteiger partial charge in [-0.15, -0.1) is 0 Å². The van der Waals surface area contributed by atoms with Gasteiger partial charge in [0.25, 0.3) is 5.91 Å². The lowest BCUT2D eigenvalue weighted by Gasteiger charge is -2.07. The standard InChI is InChI=1S/C20H17BrFNO3/c1-12-7-13(2)9-16(8-12)25-11-15-4-6-19(26-15)20(24)23-18-5-3-14(21)10-17(18)22/h3-10H,11H2,1-2H3,(H,23,24). The average molecular weight is 418 g/mol. The second-order valence-corrected chi connectivity index (χ2v) is 6.87. The molecule has 0 atom stereocenters. The second-order valence-electron chi connectivity index (χ2n) is 5.96. The van der Waals surface area contributed by atoms with Gasteiger partial charge in [0.05, 0.1) is 5.69 Å². The van der Waals surface area contributed by atoms with Crippen molar-refractivity contribution in [1.29, 1.82) is 0 Å². The minimum absolute atomic E-state index is 0.0858. The SMILES string of the molecule is Cc1cc(C)cc(OCc2ccc(C(=O)Nc3ccc(Br)cc3F)o2)c1. The first-order valence-corrected chi connectivity index (χ1v) is 8.76. The number of halogens is 2. The van der Waals surface area contributed by atoms with Crippen molar-refractivity contribution >= 4 is 27.5 Å². The van der Waals surface area contributed by atoms with Gasteiger partial charge >= 0.3 is 0 Å². The zero-order valence-electron chi connectivity index (χ0n) is 14.3. The third-order valence-electron chi connectivity index (χ3n) is 3.64. The Kier molecular flexibility index (Phi) is 5.42. The molecule has 1 aromatic heterocycles. The number of benzene rings is 2. The van der Waals surface area contributed by atoms with Gasteiger partial charge < -0.3 is 14.5 Å². The maximum absolute atomic E-state index is 13.8. The maximum Gasteiger partial charge on any atom is 0.291 e. The molecular weight excluding hydrogens is 401 g/mol. The summed E-state index contributed by atoms with van der Waals surface area (Å²) in [5.41, 5.74) is 2.30. The number of rotatable bonds is 5. The molecule has 6 heteroatoms. The molecule has 2 aromatic carbocycles. The Bertz CT molecular complexity index is 932. The van der Waals surface area contributed by atoms with Gasteiger partial charge in [-0.25, -0.2) is 4.39 Å². The number of hydrogen-bond acceptors (Lipinski definition) is 3. The number of amides is 1. The van der Waals surface area contributed by atoms with E-state index in [9.17, 15) is 9.18 Å². The third-order valence-corrected chi connectivity index (χ3v) is 4.13. The summed E-state index contributed by atoms with van der Waals surface area (Å²) in [4.78, 5) is 12.2. The number of ether oxygens (including phenoxy) is 1. The highest BCUT2D eigenvalue weighted by molar-refractivity contribution is 9.10. The van der Waals surface area contributed by atoms with Crippen LogP contribution in [0.15, 0.2) is 57.4 Å². The van der Waals surface area contributed by atoms with E-state index in [1.165, 1.54) is 18.2 Å². The zero-order valence-corrected chi connectivity index (χ0v) is 15.9. The summed E-state index contributed by atoms with van der Waals surface area (Å²) in [5.74, 6) is 0.278. The summed E-state index contributed by atoms with van der Waals surface area (Å²) in [6.45, 7) is 4.19. The van der Waals surface area contributed by atoms with E-state index in [1.807, 2.05) is 26.0 Å². The monoisotopic (exact) mass is 417 g/mol. The largest absolute Gasteiger partial charge is 0.486 e. The van der Waals surface area contributed by atoms with E-state index in [-0.39, 0.29) is 18.1 Å². The number of nitrogens with one attached hydrogen (secondary N) is 1. The highest BCUT2D eigenvalue weighted by Crippen LogP contribution is 2.21. The first-order chi connectivity index (χ1) is 12.4. The molecule has 1 amide bonds. The van der Waals surface area contributed by atoms with Gasteiger partial charge in [-0.1, -0.05) is 22.0 Å². The first kappa shape index (κ1) is 18.2. The van der Waals surface area contributed by atoms with Gasteiger partial charge in [0.15, 0.2) is 5.76 Å². The van der Waals surface area contributed by atoms with Crippen molar-refractivity contribution < 1.29 is 18.3 Å². The van der Waals surface area contributed by atoms with Gasteiger partial charge in [0.1, 0.15) is 23.9 Å². The van der Waals surface area contributed by atoms with Gasteiger partial charge in [0, 0.05) is 4.47 Å². The van der Waals surface area contributed by atoms with E-state index < -0.39 is 11.7 Å². The summed E-state index contributed by atoms with van der Waals surface area (Å²) in [7, 11) is 0. The molecule has 0 unspecified atom stereocenters. The summed E-state index contributed by atoms with van der Waals surface area (Å²) in [5, 5.41) is 2.49. The molecular formula is C20H17BrFNO3. The Hall–Kier alpha value is -2.60. The van der Waals surface area contributed by atoms with Gasteiger partial charge in [-0.2, -0.15) is 0 Å².